The van der Waals surface area contributed by atoms with Gasteiger partial charge in [0, 0.05) is 7.11 Å². The molecule has 1 unspecified atom stereocenters. The summed E-state index contributed by atoms with van der Waals surface area (Å²) in [4.78, 5) is 0. The number of rotatable bonds is 7. The molecule has 108 valence electrons. The zero-order valence-electron chi connectivity index (χ0n) is 11.9. The van der Waals surface area contributed by atoms with Gasteiger partial charge in [-0.1, -0.05) is 31.2 Å². The molecule has 0 bridgehead atoms. The fraction of sp³-hybridized carbons (Fsp3) is 0.375. The number of furan rings is 1. The predicted octanol–water partition coefficient (Wildman–Crippen LogP) is 3.93. The smallest absolute Gasteiger partial charge is 0.169 e. The molecule has 0 fully saturated rings. The third-order valence-corrected chi connectivity index (χ3v) is 3.62. The minimum Gasteiger partial charge on any atom is -0.452 e. The standard InChI is InChI=1S/C16H20BrNO2/c1-3-18-16(14-8-9-15(17)20-14)13-6-4-12(5-7-13)10-11-19-2/h4-9,16,18H,3,10-11H2,1-2H3. The highest BCUT2D eigenvalue weighted by Crippen LogP contribution is 2.26. The fourth-order valence-electron chi connectivity index (χ4n) is 2.17. The lowest BCUT2D eigenvalue weighted by Crippen LogP contribution is -2.21. The topological polar surface area (TPSA) is 34.4 Å². The van der Waals surface area contributed by atoms with Crippen LogP contribution in [0, 0.1) is 0 Å². The SMILES string of the molecule is CCNC(c1ccc(CCOC)cc1)c1ccc(Br)o1. The van der Waals surface area contributed by atoms with Gasteiger partial charge in [0.15, 0.2) is 4.67 Å². The van der Waals surface area contributed by atoms with Crippen LogP contribution in [0.25, 0.3) is 0 Å². The maximum atomic E-state index is 5.68. The van der Waals surface area contributed by atoms with E-state index in [2.05, 4.69) is 52.4 Å². The second-order valence-electron chi connectivity index (χ2n) is 4.62. The highest BCUT2D eigenvalue weighted by molar-refractivity contribution is 9.10. The first kappa shape index (κ1) is 15.3. The molecule has 0 saturated carbocycles. The third-order valence-electron chi connectivity index (χ3n) is 3.19. The van der Waals surface area contributed by atoms with Crippen LogP contribution >= 0.6 is 15.9 Å². The summed E-state index contributed by atoms with van der Waals surface area (Å²) in [5.41, 5.74) is 2.49. The van der Waals surface area contributed by atoms with E-state index < -0.39 is 0 Å². The van der Waals surface area contributed by atoms with Gasteiger partial charge in [-0.15, -0.1) is 0 Å². The molecule has 4 heteroatoms. The zero-order chi connectivity index (χ0) is 14.4. The molecule has 20 heavy (non-hydrogen) atoms. The molecule has 1 aromatic carbocycles. The van der Waals surface area contributed by atoms with Gasteiger partial charge in [0.25, 0.3) is 0 Å². The van der Waals surface area contributed by atoms with E-state index in [0.29, 0.717) is 0 Å². The van der Waals surface area contributed by atoms with Gasteiger partial charge in [0.2, 0.25) is 0 Å². The maximum absolute atomic E-state index is 5.68. The molecular weight excluding hydrogens is 318 g/mol. The Morgan fingerprint density at radius 2 is 1.95 bits per heavy atom. The van der Waals surface area contributed by atoms with Crippen LogP contribution in [0.15, 0.2) is 45.5 Å². The summed E-state index contributed by atoms with van der Waals surface area (Å²) < 4.78 is 11.5. The fourth-order valence-corrected chi connectivity index (χ4v) is 2.49. The van der Waals surface area contributed by atoms with Gasteiger partial charge < -0.3 is 14.5 Å². The van der Waals surface area contributed by atoms with Crippen LogP contribution in [0.1, 0.15) is 29.9 Å². The van der Waals surface area contributed by atoms with E-state index in [-0.39, 0.29) is 6.04 Å². The number of halogens is 1. The van der Waals surface area contributed by atoms with E-state index in [4.69, 9.17) is 9.15 Å². The molecule has 1 atom stereocenters. The molecular formula is C16H20BrNO2. The normalized spacial score (nSPS) is 12.6. The summed E-state index contributed by atoms with van der Waals surface area (Å²) in [7, 11) is 1.73. The Balaban J connectivity index is 2.17. The lowest BCUT2D eigenvalue weighted by atomic mass is 10.0. The minimum atomic E-state index is 0.0859. The molecule has 0 saturated heterocycles. The van der Waals surface area contributed by atoms with E-state index in [9.17, 15) is 0 Å². The van der Waals surface area contributed by atoms with E-state index in [1.165, 1.54) is 11.1 Å². The number of ether oxygens (including phenoxy) is 1. The predicted molar refractivity (Wildman–Crippen MR) is 83.9 cm³/mol. The van der Waals surface area contributed by atoms with Gasteiger partial charge in [-0.05, 0) is 52.2 Å². The number of nitrogens with one attached hydrogen (secondary N) is 1. The van der Waals surface area contributed by atoms with Crippen molar-refractivity contribution in [2.45, 2.75) is 19.4 Å². The summed E-state index contributed by atoms with van der Waals surface area (Å²) in [6.07, 6.45) is 0.939. The number of hydrogen-bond donors (Lipinski definition) is 1. The van der Waals surface area contributed by atoms with E-state index in [0.717, 1.165) is 30.0 Å². The van der Waals surface area contributed by atoms with Crippen molar-refractivity contribution in [3.05, 3.63) is 58.0 Å². The van der Waals surface area contributed by atoms with Crippen LogP contribution in [0.4, 0.5) is 0 Å². The lowest BCUT2D eigenvalue weighted by molar-refractivity contribution is 0.202. The minimum absolute atomic E-state index is 0.0859. The van der Waals surface area contributed by atoms with Crippen LogP contribution in [-0.2, 0) is 11.2 Å². The first-order valence-corrected chi connectivity index (χ1v) is 7.60. The van der Waals surface area contributed by atoms with Gasteiger partial charge in [-0.25, -0.2) is 0 Å². The second kappa shape index (κ2) is 7.62. The van der Waals surface area contributed by atoms with Crippen LogP contribution in [0.2, 0.25) is 0 Å². The molecule has 1 N–H and O–H groups in total. The quantitative estimate of drug-likeness (QED) is 0.831. The van der Waals surface area contributed by atoms with Crippen molar-refractivity contribution in [2.24, 2.45) is 0 Å². The molecule has 1 aromatic heterocycles. The molecule has 1 heterocycles. The summed E-state index contributed by atoms with van der Waals surface area (Å²) in [6.45, 7) is 3.73. The van der Waals surface area contributed by atoms with Crippen molar-refractivity contribution in [3.63, 3.8) is 0 Å². The van der Waals surface area contributed by atoms with Crippen molar-refractivity contribution in [1.29, 1.82) is 0 Å². The van der Waals surface area contributed by atoms with Crippen molar-refractivity contribution in [2.75, 3.05) is 20.3 Å². The Morgan fingerprint density at radius 1 is 1.20 bits per heavy atom. The highest BCUT2D eigenvalue weighted by Gasteiger charge is 2.16. The highest BCUT2D eigenvalue weighted by atomic mass is 79.9. The summed E-state index contributed by atoms with van der Waals surface area (Å²) >= 11 is 3.36. The van der Waals surface area contributed by atoms with Gasteiger partial charge in [0.05, 0.1) is 12.6 Å². The van der Waals surface area contributed by atoms with E-state index in [1.54, 1.807) is 7.11 Å². The largest absolute Gasteiger partial charge is 0.452 e. The van der Waals surface area contributed by atoms with E-state index in [1.807, 2.05) is 12.1 Å². The molecule has 0 amide bonds. The first-order valence-electron chi connectivity index (χ1n) is 6.81. The average Bonchev–Trinajstić information content (AvgIpc) is 2.89. The van der Waals surface area contributed by atoms with Gasteiger partial charge >= 0.3 is 0 Å². The van der Waals surface area contributed by atoms with Crippen molar-refractivity contribution in [3.8, 4) is 0 Å². The molecule has 0 aliphatic heterocycles. The lowest BCUT2D eigenvalue weighted by Gasteiger charge is -2.16. The van der Waals surface area contributed by atoms with Gasteiger partial charge in [-0.2, -0.15) is 0 Å². The van der Waals surface area contributed by atoms with Crippen LogP contribution in [-0.4, -0.2) is 20.3 Å². The van der Waals surface area contributed by atoms with E-state index >= 15 is 0 Å². The summed E-state index contributed by atoms with van der Waals surface area (Å²) in [5, 5.41) is 3.45. The molecule has 0 spiro atoms. The van der Waals surface area contributed by atoms with Gasteiger partial charge in [0.1, 0.15) is 5.76 Å². The molecule has 0 aliphatic rings. The van der Waals surface area contributed by atoms with Gasteiger partial charge in [-0.3, -0.25) is 0 Å². The zero-order valence-corrected chi connectivity index (χ0v) is 13.4. The molecule has 2 aromatic rings. The molecule has 0 aliphatic carbocycles. The summed E-state index contributed by atoms with van der Waals surface area (Å²) in [6, 6.07) is 12.6. The molecule has 2 rings (SSSR count). The van der Waals surface area contributed by atoms with Crippen LogP contribution in [0.5, 0.6) is 0 Å². The van der Waals surface area contributed by atoms with Crippen molar-refractivity contribution < 1.29 is 9.15 Å². The Kier molecular flexibility index (Phi) is 5.83. The number of benzene rings is 1. The van der Waals surface area contributed by atoms with Crippen molar-refractivity contribution in [1.82, 2.24) is 5.32 Å². The number of hydrogen-bond acceptors (Lipinski definition) is 3. The van der Waals surface area contributed by atoms with Crippen LogP contribution in [0.3, 0.4) is 0 Å². The first-order chi connectivity index (χ1) is 9.74. The average molecular weight is 338 g/mol. The Morgan fingerprint density at radius 3 is 2.50 bits per heavy atom. The van der Waals surface area contributed by atoms with Crippen molar-refractivity contribution >= 4 is 15.9 Å². The molecule has 3 nitrogen and oxygen atoms in total. The van der Waals surface area contributed by atoms with Crippen LogP contribution < -0.4 is 5.32 Å². The number of methoxy groups -OCH3 is 1. The summed E-state index contributed by atoms with van der Waals surface area (Å²) in [5.74, 6) is 0.920. The second-order valence-corrected chi connectivity index (χ2v) is 5.40. The molecule has 0 radical (unpaired) electrons. The monoisotopic (exact) mass is 337 g/mol. The Bertz CT molecular complexity index is 522. The Labute approximate surface area is 128 Å². The third kappa shape index (κ3) is 3.95. The Hall–Kier alpha value is -1.10. The maximum Gasteiger partial charge on any atom is 0.169 e.